The van der Waals surface area contributed by atoms with Gasteiger partial charge in [0.15, 0.2) is 0 Å². The Kier molecular flexibility index (Phi) is 6.20. The van der Waals surface area contributed by atoms with E-state index in [9.17, 15) is 9.59 Å². The summed E-state index contributed by atoms with van der Waals surface area (Å²) in [6.45, 7) is 2.47. The Balaban J connectivity index is 2.63. The number of rotatable bonds is 7. The molecule has 0 spiro atoms. The number of carbonyl (C=O) groups is 2. The Bertz CT molecular complexity index is 496. The van der Waals surface area contributed by atoms with Gasteiger partial charge in [0.25, 0.3) is 0 Å². The number of carbonyl (C=O) groups excluding carboxylic acids is 1. The van der Waals surface area contributed by atoms with Crippen LogP contribution in [0.4, 0.5) is 5.82 Å². The van der Waals surface area contributed by atoms with Gasteiger partial charge in [0.2, 0.25) is 5.91 Å². The number of hydrogen-bond donors (Lipinski definition) is 3. The molecule has 1 aromatic heterocycles. The van der Waals surface area contributed by atoms with Crippen molar-refractivity contribution >= 4 is 29.3 Å². The van der Waals surface area contributed by atoms with Crippen LogP contribution in [0.2, 0.25) is 5.02 Å². The minimum atomic E-state index is -1.11. The van der Waals surface area contributed by atoms with Crippen LogP contribution in [0.25, 0.3) is 0 Å². The molecule has 1 heterocycles. The maximum absolute atomic E-state index is 11.7. The summed E-state index contributed by atoms with van der Waals surface area (Å²) in [4.78, 5) is 26.4. The number of hydrogen-bond acceptors (Lipinski definition) is 5. The van der Waals surface area contributed by atoms with E-state index in [2.05, 4.69) is 15.6 Å². The van der Waals surface area contributed by atoms with Crippen molar-refractivity contribution in [3.63, 3.8) is 0 Å². The topological polar surface area (TPSA) is 101 Å². The molecule has 3 N–H and O–H groups in total. The van der Waals surface area contributed by atoms with Crippen molar-refractivity contribution in [3.05, 3.63) is 22.8 Å². The number of halogens is 1. The van der Waals surface area contributed by atoms with Gasteiger partial charge < -0.3 is 20.5 Å². The molecular formula is C12H16ClN3O4. The Morgan fingerprint density at radius 1 is 1.55 bits per heavy atom. The monoisotopic (exact) mass is 301 g/mol. The van der Waals surface area contributed by atoms with Crippen molar-refractivity contribution < 1.29 is 19.4 Å². The van der Waals surface area contributed by atoms with E-state index in [1.165, 1.54) is 12.3 Å². The van der Waals surface area contributed by atoms with Crippen molar-refractivity contribution in [2.75, 3.05) is 25.6 Å². The van der Waals surface area contributed by atoms with Crippen LogP contribution in [0.5, 0.6) is 0 Å². The number of ether oxygens (including phenoxy) is 1. The number of carboxylic acid groups (broad SMARTS) is 1. The van der Waals surface area contributed by atoms with Crippen LogP contribution in [-0.2, 0) is 9.53 Å². The SMILES string of the molecule is COCCNC(=O)C(C)Nc1ncc(C(=O)O)cc1Cl. The number of nitrogens with zero attached hydrogens (tertiary/aromatic N) is 1. The second-order valence-electron chi connectivity index (χ2n) is 4.01. The summed E-state index contributed by atoms with van der Waals surface area (Å²) in [6.07, 6.45) is 1.17. The van der Waals surface area contributed by atoms with E-state index in [0.29, 0.717) is 13.2 Å². The lowest BCUT2D eigenvalue weighted by Gasteiger charge is -2.15. The fourth-order valence-corrected chi connectivity index (χ4v) is 1.58. The van der Waals surface area contributed by atoms with Gasteiger partial charge >= 0.3 is 5.97 Å². The number of aromatic carboxylic acids is 1. The van der Waals surface area contributed by atoms with E-state index >= 15 is 0 Å². The number of carboxylic acids is 1. The first-order valence-corrected chi connectivity index (χ1v) is 6.25. The molecule has 1 unspecified atom stereocenters. The van der Waals surface area contributed by atoms with Gasteiger partial charge in [-0.3, -0.25) is 4.79 Å². The molecule has 0 bridgehead atoms. The number of nitrogens with one attached hydrogen (secondary N) is 2. The smallest absolute Gasteiger partial charge is 0.337 e. The van der Waals surface area contributed by atoms with Crippen LogP contribution in [-0.4, -0.2) is 48.3 Å². The number of methoxy groups -OCH3 is 1. The second kappa shape index (κ2) is 7.66. The van der Waals surface area contributed by atoms with E-state index in [0.717, 1.165) is 0 Å². The third-order valence-corrected chi connectivity index (χ3v) is 2.73. The first kappa shape index (κ1) is 16.2. The van der Waals surface area contributed by atoms with Crippen LogP contribution in [0, 0.1) is 0 Å². The molecule has 1 rings (SSSR count). The maximum atomic E-state index is 11.7. The molecule has 0 saturated heterocycles. The zero-order chi connectivity index (χ0) is 15.1. The lowest BCUT2D eigenvalue weighted by atomic mass is 10.2. The minimum Gasteiger partial charge on any atom is -0.478 e. The first-order valence-electron chi connectivity index (χ1n) is 5.87. The van der Waals surface area contributed by atoms with Gasteiger partial charge in [0.05, 0.1) is 17.2 Å². The molecule has 110 valence electrons. The summed E-state index contributed by atoms with van der Waals surface area (Å²) in [5.41, 5.74) is -0.0160. The molecule has 0 aliphatic carbocycles. The van der Waals surface area contributed by atoms with Crippen molar-refractivity contribution in [3.8, 4) is 0 Å². The second-order valence-corrected chi connectivity index (χ2v) is 4.42. The van der Waals surface area contributed by atoms with E-state index in [1.54, 1.807) is 14.0 Å². The molecule has 20 heavy (non-hydrogen) atoms. The molecule has 1 aromatic rings. The maximum Gasteiger partial charge on any atom is 0.337 e. The third-order valence-electron chi connectivity index (χ3n) is 2.44. The van der Waals surface area contributed by atoms with Gasteiger partial charge in [0.1, 0.15) is 11.9 Å². The van der Waals surface area contributed by atoms with Crippen molar-refractivity contribution in [2.45, 2.75) is 13.0 Å². The minimum absolute atomic E-state index is 0.0160. The zero-order valence-corrected chi connectivity index (χ0v) is 11.9. The number of aromatic nitrogens is 1. The van der Waals surface area contributed by atoms with Gasteiger partial charge in [-0.1, -0.05) is 11.6 Å². The predicted octanol–water partition coefficient (Wildman–Crippen LogP) is 0.996. The lowest BCUT2D eigenvalue weighted by Crippen LogP contribution is -2.39. The normalized spacial score (nSPS) is 11.8. The van der Waals surface area contributed by atoms with E-state index in [-0.39, 0.29) is 22.3 Å². The van der Waals surface area contributed by atoms with Crippen molar-refractivity contribution in [1.29, 1.82) is 0 Å². The molecular weight excluding hydrogens is 286 g/mol. The Morgan fingerprint density at radius 3 is 2.80 bits per heavy atom. The number of anilines is 1. The van der Waals surface area contributed by atoms with Crippen LogP contribution in [0.1, 0.15) is 17.3 Å². The summed E-state index contributed by atoms with van der Waals surface area (Å²) >= 11 is 5.91. The average molecular weight is 302 g/mol. The highest BCUT2D eigenvalue weighted by Crippen LogP contribution is 2.20. The van der Waals surface area contributed by atoms with Crippen LogP contribution in [0.15, 0.2) is 12.3 Å². The van der Waals surface area contributed by atoms with Gasteiger partial charge in [-0.25, -0.2) is 9.78 Å². The van der Waals surface area contributed by atoms with Gasteiger partial charge in [-0.2, -0.15) is 0 Å². The van der Waals surface area contributed by atoms with Crippen molar-refractivity contribution in [1.82, 2.24) is 10.3 Å². The highest BCUT2D eigenvalue weighted by atomic mass is 35.5. The molecule has 0 aliphatic rings. The van der Waals surface area contributed by atoms with Crippen LogP contribution < -0.4 is 10.6 Å². The van der Waals surface area contributed by atoms with E-state index < -0.39 is 12.0 Å². The number of amides is 1. The van der Waals surface area contributed by atoms with E-state index in [4.69, 9.17) is 21.4 Å². The highest BCUT2D eigenvalue weighted by Gasteiger charge is 2.15. The van der Waals surface area contributed by atoms with Gasteiger partial charge in [-0.15, -0.1) is 0 Å². The molecule has 1 atom stereocenters. The fraction of sp³-hybridized carbons (Fsp3) is 0.417. The van der Waals surface area contributed by atoms with E-state index in [1.807, 2.05) is 0 Å². The standard InChI is InChI=1S/C12H16ClN3O4/c1-7(11(17)14-3-4-20-2)16-10-9(13)5-8(6-15-10)12(18)19/h5-7H,3-4H2,1-2H3,(H,14,17)(H,15,16)(H,18,19). The Hall–Kier alpha value is -1.86. The summed E-state index contributed by atoms with van der Waals surface area (Å²) in [5.74, 6) is -1.09. The average Bonchev–Trinajstić information content (AvgIpc) is 2.40. The lowest BCUT2D eigenvalue weighted by molar-refractivity contribution is -0.121. The Morgan fingerprint density at radius 2 is 2.25 bits per heavy atom. The Labute approximate surface area is 121 Å². The van der Waals surface area contributed by atoms with Crippen LogP contribution >= 0.6 is 11.6 Å². The van der Waals surface area contributed by atoms with Crippen LogP contribution in [0.3, 0.4) is 0 Å². The van der Waals surface area contributed by atoms with Gasteiger partial charge in [0, 0.05) is 19.9 Å². The first-order chi connectivity index (χ1) is 9.45. The summed E-state index contributed by atoms with van der Waals surface area (Å²) in [7, 11) is 1.54. The fourth-order valence-electron chi connectivity index (χ4n) is 1.36. The summed E-state index contributed by atoms with van der Waals surface area (Å²) < 4.78 is 4.82. The molecule has 8 heteroatoms. The molecule has 0 radical (unpaired) electrons. The molecule has 0 saturated carbocycles. The molecule has 1 amide bonds. The predicted molar refractivity (Wildman–Crippen MR) is 74.2 cm³/mol. The molecule has 0 fully saturated rings. The number of pyridine rings is 1. The quantitative estimate of drug-likeness (QED) is 0.650. The molecule has 0 aliphatic heterocycles. The van der Waals surface area contributed by atoms with Gasteiger partial charge in [-0.05, 0) is 13.0 Å². The molecule has 7 nitrogen and oxygen atoms in total. The highest BCUT2D eigenvalue weighted by molar-refractivity contribution is 6.33. The summed E-state index contributed by atoms with van der Waals surface area (Å²) in [6, 6.07) is 0.710. The molecule has 0 aromatic carbocycles. The largest absolute Gasteiger partial charge is 0.478 e. The third kappa shape index (κ3) is 4.67. The zero-order valence-electron chi connectivity index (χ0n) is 11.1. The summed E-state index contributed by atoms with van der Waals surface area (Å²) in [5, 5.41) is 14.4. The van der Waals surface area contributed by atoms with Crippen molar-refractivity contribution in [2.24, 2.45) is 0 Å².